The molecule has 7 heteroatoms. The molecule has 0 radical (unpaired) electrons. The van der Waals surface area contributed by atoms with Gasteiger partial charge in [-0.05, 0) is 44.0 Å². The van der Waals surface area contributed by atoms with E-state index in [1.165, 1.54) is 18.6 Å². The van der Waals surface area contributed by atoms with Gasteiger partial charge in [0.15, 0.2) is 5.65 Å². The van der Waals surface area contributed by atoms with Gasteiger partial charge in [-0.3, -0.25) is 4.79 Å². The van der Waals surface area contributed by atoms with Crippen LogP contribution in [0, 0.1) is 6.92 Å². The summed E-state index contributed by atoms with van der Waals surface area (Å²) in [5.74, 6) is 0.604. The summed E-state index contributed by atoms with van der Waals surface area (Å²) in [6, 6.07) is 6.26. The maximum atomic E-state index is 12.9. The highest BCUT2D eigenvalue weighted by Gasteiger charge is 2.21. The van der Waals surface area contributed by atoms with Crippen LogP contribution in [-0.2, 0) is 13.0 Å². The predicted molar refractivity (Wildman–Crippen MR) is 101 cm³/mol. The molecule has 1 aliphatic heterocycles. The van der Waals surface area contributed by atoms with Crippen LogP contribution in [0.15, 0.2) is 24.3 Å². The number of imidazole rings is 1. The Balaban J connectivity index is 1.78. The van der Waals surface area contributed by atoms with Gasteiger partial charge < -0.3 is 15.0 Å². The van der Waals surface area contributed by atoms with Crippen LogP contribution in [0.1, 0.15) is 41.1 Å². The number of amides is 1. The summed E-state index contributed by atoms with van der Waals surface area (Å²) in [6.07, 6.45) is 4.26. The van der Waals surface area contributed by atoms with E-state index in [1.807, 2.05) is 6.92 Å². The molecule has 4 rings (SSSR count). The van der Waals surface area contributed by atoms with Crippen LogP contribution in [0.25, 0.3) is 11.2 Å². The molecule has 3 heterocycles. The number of phenols is 1. The predicted octanol–water partition coefficient (Wildman–Crippen LogP) is 4.08. The number of hydrogen-bond acceptors (Lipinski definition) is 4. The van der Waals surface area contributed by atoms with E-state index in [9.17, 15) is 9.90 Å². The molecule has 1 amide bonds. The lowest BCUT2D eigenvalue weighted by Crippen LogP contribution is -2.13. The van der Waals surface area contributed by atoms with E-state index in [1.54, 1.807) is 12.1 Å². The third-order valence-corrected chi connectivity index (χ3v) is 4.88. The van der Waals surface area contributed by atoms with Crippen LogP contribution >= 0.6 is 11.6 Å². The van der Waals surface area contributed by atoms with E-state index in [0.29, 0.717) is 16.1 Å². The summed E-state index contributed by atoms with van der Waals surface area (Å²) >= 11 is 5.96. The number of hydrogen-bond donors (Lipinski definition) is 2. The first-order chi connectivity index (χ1) is 12.5. The Morgan fingerprint density at radius 2 is 2.08 bits per heavy atom. The minimum absolute atomic E-state index is 0.0367. The van der Waals surface area contributed by atoms with Crippen molar-refractivity contribution in [2.45, 2.75) is 39.2 Å². The third-order valence-electron chi connectivity index (χ3n) is 4.64. The van der Waals surface area contributed by atoms with E-state index in [4.69, 9.17) is 16.6 Å². The fraction of sp³-hybridized carbons (Fsp3) is 0.316. The van der Waals surface area contributed by atoms with Gasteiger partial charge in [-0.1, -0.05) is 18.0 Å². The van der Waals surface area contributed by atoms with Gasteiger partial charge in [-0.15, -0.1) is 0 Å². The monoisotopic (exact) mass is 370 g/mol. The number of nitrogens with one attached hydrogen (secondary N) is 1. The van der Waals surface area contributed by atoms with Gasteiger partial charge in [-0.2, -0.15) is 0 Å². The summed E-state index contributed by atoms with van der Waals surface area (Å²) in [5, 5.41) is 13.1. The van der Waals surface area contributed by atoms with Crippen molar-refractivity contribution in [2.75, 3.05) is 5.32 Å². The number of fused-ring (bicyclic) bond motifs is 3. The molecule has 1 aliphatic rings. The van der Waals surface area contributed by atoms with Crippen molar-refractivity contribution < 1.29 is 9.90 Å². The Morgan fingerprint density at radius 3 is 2.92 bits per heavy atom. The first-order valence-corrected chi connectivity index (χ1v) is 9.07. The molecule has 2 aromatic heterocycles. The molecular weight excluding hydrogens is 352 g/mol. The lowest BCUT2D eigenvalue weighted by Gasteiger charge is -2.09. The number of nitrogens with zero attached hydrogens (tertiary/aromatic N) is 3. The zero-order chi connectivity index (χ0) is 18.3. The molecule has 0 bridgehead atoms. The maximum absolute atomic E-state index is 12.9. The second kappa shape index (κ2) is 6.61. The lowest BCUT2D eigenvalue weighted by atomic mass is 10.1. The number of aromatic nitrogens is 3. The van der Waals surface area contributed by atoms with Gasteiger partial charge in [0.25, 0.3) is 5.91 Å². The quantitative estimate of drug-likeness (QED) is 0.666. The molecule has 0 spiro atoms. The molecule has 0 fully saturated rings. The molecule has 0 atom stereocenters. The zero-order valence-corrected chi connectivity index (χ0v) is 15.2. The summed E-state index contributed by atoms with van der Waals surface area (Å²) < 4.78 is 2.13. The van der Waals surface area contributed by atoms with Crippen LogP contribution in [0.4, 0.5) is 5.69 Å². The minimum Gasteiger partial charge on any atom is -0.506 e. The average Bonchev–Trinajstić information content (AvgIpc) is 2.79. The molecule has 0 saturated heterocycles. The Labute approximate surface area is 155 Å². The standard InChI is InChI=1S/C19H19ClN4O2/c1-11-9-13(19(26)22-14-10-12(20)6-7-15(14)25)17-18(21-11)24-8-4-2-3-5-16(24)23-17/h6-7,9-10,25H,2-5,8H2,1H3,(H,22,26). The van der Waals surface area contributed by atoms with Crippen molar-refractivity contribution in [3.8, 4) is 5.75 Å². The number of anilines is 1. The molecule has 6 nitrogen and oxygen atoms in total. The van der Waals surface area contributed by atoms with Crippen LogP contribution in [0.5, 0.6) is 5.75 Å². The molecule has 0 unspecified atom stereocenters. The van der Waals surface area contributed by atoms with Crippen molar-refractivity contribution in [3.05, 3.63) is 46.4 Å². The first-order valence-electron chi connectivity index (χ1n) is 8.69. The number of benzene rings is 1. The van der Waals surface area contributed by atoms with Crippen LogP contribution < -0.4 is 5.32 Å². The summed E-state index contributed by atoms with van der Waals surface area (Å²) in [7, 11) is 0. The van der Waals surface area contributed by atoms with Crippen LogP contribution in [0.3, 0.4) is 0 Å². The number of carbonyl (C=O) groups is 1. The number of carbonyl (C=O) groups excluding carboxylic acids is 1. The van der Waals surface area contributed by atoms with E-state index in [0.717, 1.165) is 43.0 Å². The smallest absolute Gasteiger partial charge is 0.258 e. The number of rotatable bonds is 2. The minimum atomic E-state index is -0.341. The summed E-state index contributed by atoms with van der Waals surface area (Å²) in [5.41, 5.74) is 2.83. The maximum Gasteiger partial charge on any atom is 0.258 e. The first kappa shape index (κ1) is 16.8. The number of halogens is 1. The Bertz CT molecular complexity index is 1010. The van der Waals surface area contributed by atoms with Crippen molar-refractivity contribution in [2.24, 2.45) is 0 Å². The van der Waals surface area contributed by atoms with Gasteiger partial charge in [0.1, 0.15) is 17.1 Å². The molecule has 3 aromatic rings. The third kappa shape index (κ3) is 3.01. The normalized spacial score (nSPS) is 14.1. The topological polar surface area (TPSA) is 80.0 Å². The molecule has 2 N–H and O–H groups in total. The number of pyridine rings is 1. The summed E-state index contributed by atoms with van der Waals surface area (Å²) in [6.45, 7) is 2.74. The molecule has 0 saturated carbocycles. The molecule has 134 valence electrons. The van der Waals surface area contributed by atoms with E-state index < -0.39 is 0 Å². The molecular formula is C19H19ClN4O2. The zero-order valence-electron chi connectivity index (χ0n) is 14.4. The summed E-state index contributed by atoms with van der Waals surface area (Å²) in [4.78, 5) is 22.2. The molecule has 26 heavy (non-hydrogen) atoms. The average molecular weight is 371 g/mol. The van der Waals surface area contributed by atoms with Crippen LogP contribution in [-0.4, -0.2) is 25.5 Å². The highest BCUT2D eigenvalue weighted by molar-refractivity contribution is 6.31. The SMILES string of the molecule is Cc1cc(C(=O)Nc2cc(Cl)ccc2O)c2nc3n(c2n1)CCCCC3. The van der Waals surface area contributed by atoms with Crippen LogP contribution in [0.2, 0.25) is 5.02 Å². The Hall–Kier alpha value is -2.60. The van der Waals surface area contributed by atoms with Crippen molar-refractivity contribution in [3.63, 3.8) is 0 Å². The fourth-order valence-electron chi connectivity index (χ4n) is 3.39. The second-order valence-electron chi connectivity index (χ2n) is 6.59. The highest BCUT2D eigenvalue weighted by Crippen LogP contribution is 2.29. The fourth-order valence-corrected chi connectivity index (χ4v) is 3.56. The molecule has 0 aliphatic carbocycles. The number of aryl methyl sites for hydroxylation is 3. The van der Waals surface area contributed by atoms with E-state index >= 15 is 0 Å². The number of aromatic hydroxyl groups is 1. The van der Waals surface area contributed by atoms with Gasteiger partial charge in [0.05, 0.1) is 11.3 Å². The van der Waals surface area contributed by atoms with Crippen molar-refractivity contribution >= 4 is 34.4 Å². The van der Waals surface area contributed by atoms with Gasteiger partial charge in [0.2, 0.25) is 0 Å². The number of phenolic OH excluding ortho intramolecular Hbond substituents is 1. The van der Waals surface area contributed by atoms with E-state index in [-0.39, 0.29) is 17.3 Å². The van der Waals surface area contributed by atoms with Crippen molar-refractivity contribution in [1.29, 1.82) is 0 Å². The second-order valence-corrected chi connectivity index (χ2v) is 7.03. The lowest BCUT2D eigenvalue weighted by molar-refractivity contribution is 0.102. The Morgan fingerprint density at radius 1 is 1.23 bits per heavy atom. The van der Waals surface area contributed by atoms with Gasteiger partial charge >= 0.3 is 0 Å². The van der Waals surface area contributed by atoms with Gasteiger partial charge in [0, 0.05) is 23.7 Å². The van der Waals surface area contributed by atoms with Crippen molar-refractivity contribution in [1.82, 2.24) is 14.5 Å². The molecule has 1 aromatic carbocycles. The van der Waals surface area contributed by atoms with E-state index in [2.05, 4.69) is 14.9 Å². The highest BCUT2D eigenvalue weighted by atomic mass is 35.5. The largest absolute Gasteiger partial charge is 0.506 e. The van der Waals surface area contributed by atoms with Gasteiger partial charge in [-0.25, -0.2) is 9.97 Å². The Kier molecular flexibility index (Phi) is 4.28.